The van der Waals surface area contributed by atoms with E-state index in [1.807, 2.05) is 13.8 Å². The van der Waals surface area contributed by atoms with Gasteiger partial charge in [-0.15, -0.1) is 0 Å². The molecule has 0 amide bonds. The van der Waals surface area contributed by atoms with Gasteiger partial charge in [0.15, 0.2) is 0 Å². The van der Waals surface area contributed by atoms with E-state index < -0.39 is 21.4 Å². The second-order valence-electron chi connectivity index (χ2n) is 5.26. The fraction of sp³-hybridized carbons (Fsp3) is 0.462. The Bertz CT molecular complexity index is 591. The van der Waals surface area contributed by atoms with Crippen LogP contribution in [0.15, 0.2) is 23.1 Å². The third kappa shape index (κ3) is 3.78. The molecule has 6 heteroatoms. The van der Waals surface area contributed by atoms with Crippen LogP contribution < -0.4 is 4.72 Å². The number of benzene rings is 1. The Labute approximate surface area is 113 Å². The fourth-order valence-electron chi connectivity index (χ4n) is 1.32. The van der Waals surface area contributed by atoms with Crippen LogP contribution in [0.25, 0.3) is 0 Å². The van der Waals surface area contributed by atoms with Crippen molar-refractivity contribution in [3.8, 4) is 0 Å². The molecule has 0 aliphatic carbocycles. The van der Waals surface area contributed by atoms with Gasteiger partial charge in [0.05, 0.1) is 10.3 Å². The van der Waals surface area contributed by atoms with Crippen molar-refractivity contribution in [1.29, 1.82) is 0 Å². The monoisotopic (exact) mass is 285 g/mol. The average Bonchev–Trinajstić information content (AvgIpc) is 2.30. The molecule has 0 radical (unpaired) electrons. The van der Waals surface area contributed by atoms with Crippen LogP contribution in [0.4, 0.5) is 0 Å². The summed E-state index contributed by atoms with van der Waals surface area (Å²) in [6.45, 7) is 6.51. The predicted molar refractivity (Wildman–Crippen MR) is 72.5 cm³/mol. The largest absolute Gasteiger partial charge is 0.481 e. The molecule has 0 bridgehead atoms. The van der Waals surface area contributed by atoms with Gasteiger partial charge in [-0.25, -0.2) is 13.1 Å². The molecule has 0 aliphatic rings. The van der Waals surface area contributed by atoms with Gasteiger partial charge in [0.25, 0.3) is 0 Å². The lowest BCUT2D eigenvalue weighted by Crippen LogP contribution is -2.38. The molecule has 1 aromatic carbocycles. The molecule has 2 N–H and O–H groups in total. The maximum atomic E-state index is 12.1. The third-order valence-electron chi connectivity index (χ3n) is 3.07. The van der Waals surface area contributed by atoms with Crippen molar-refractivity contribution in [2.75, 3.05) is 6.54 Å². The van der Waals surface area contributed by atoms with Gasteiger partial charge in [0.2, 0.25) is 10.0 Å². The third-order valence-corrected chi connectivity index (χ3v) is 4.47. The summed E-state index contributed by atoms with van der Waals surface area (Å²) in [5.41, 5.74) is 0.734. The van der Waals surface area contributed by atoms with E-state index in [2.05, 4.69) is 4.72 Å². The quantitative estimate of drug-likeness (QED) is 0.862. The summed E-state index contributed by atoms with van der Waals surface area (Å²) in [4.78, 5) is 11.1. The maximum absolute atomic E-state index is 12.1. The van der Waals surface area contributed by atoms with Crippen molar-refractivity contribution < 1.29 is 18.3 Å². The summed E-state index contributed by atoms with van der Waals surface area (Å²) in [6, 6.07) is 4.82. The molecule has 0 saturated carbocycles. The number of hydrogen-bond acceptors (Lipinski definition) is 3. The highest BCUT2D eigenvalue weighted by Crippen LogP contribution is 2.17. The summed E-state index contributed by atoms with van der Waals surface area (Å²) in [6.07, 6.45) is 0. The zero-order valence-corrected chi connectivity index (χ0v) is 12.3. The Morgan fingerprint density at radius 2 is 1.84 bits per heavy atom. The van der Waals surface area contributed by atoms with Gasteiger partial charge in [-0.3, -0.25) is 4.79 Å². The Morgan fingerprint density at radius 3 is 2.32 bits per heavy atom. The van der Waals surface area contributed by atoms with Crippen LogP contribution in [0.5, 0.6) is 0 Å². The number of aliphatic carboxylic acids is 1. The Morgan fingerprint density at radius 1 is 1.26 bits per heavy atom. The molecule has 1 rings (SSSR count). The number of carbonyl (C=O) groups is 1. The number of rotatable bonds is 5. The number of carboxylic acid groups (broad SMARTS) is 1. The smallest absolute Gasteiger partial charge is 0.310 e. The van der Waals surface area contributed by atoms with Crippen LogP contribution in [0.1, 0.15) is 25.0 Å². The Hall–Kier alpha value is -1.40. The van der Waals surface area contributed by atoms with E-state index in [9.17, 15) is 13.2 Å². The molecule has 5 nitrogen and oxygen atoms in total. The lowest BCUT2D eigenvalue weighted by molar-refractivity contribution is -0.146. The Kier molecular flexibility index (Phi) is 4.37. The first-order chi connectivity index (χ1) is 8.56. The highest BCUT2D eigenvalue weighted by Gasteiger charge is 2.29. The van der Waals surface area contributed by atoms with Crippen molar-refractivity contribution in [3.05, 3.63) is 29.3 Å². The number of aryl methyl sites for hydroxylation is 2. The summed E-state index contributed by atoms with van der Waals surface area (Å²) in [5, 5.41) is 8.95. The van der Waals surface area contributed by atoms with E-state index in [4.69, 9.17) is 5.11 Å². The molecule has 1 aromatic rings. The zero-order chi connectivity index (χ0) is 14.8. The second kappa shape index (κ2) is 5.30. The van der Waals surface area contributed by atoms with Gasteiger partial charge in [0.1, 0.15) is 0 Å². The minimum absolute atomic E-state index is 0.150. The number of hydrogen-bond donors (Lipinski definition) is 2. The van der Waals surface area contributed by atoms with Gasteiger partial charge in [-0.1, -0.05) is 6.07 Å². The second-order valence-corrected chi connectivity index (χ2v) is 7.03. The molecule has 0 spiro atoms. The van der Waals surface area contributed by atoms with Gasteiger partial charge in [0, 0.05) is 6.54 Å². The molecular weight excluding hydrogens is 266 g/mol. The lowest BCUT2D eigenvalue weighted by atomic mass is 9.95. The first kappa shape index (κ1) is 15.7. The normalized spacial score (nSPS) is 12.4. The van der Waals surface area contributed by atoms with E-state index in [1.165, 1.54) is 19.9 Å². The topological polar surface area (TPSA) is 83.5 Å². The van der Waals surface area contributed by atoms with E-state index in [-0.39, 0.29) is 11.4 Å². The molecule has 0 unspecified atom stereocenters. The maximum Gasteiger partial charge on any atom is 0.310 e. The molecule has 0 heterocycles. The van der Waals surface area contributed by atoms with Gasteiger partial charge < -0.3 is 5.11 Å². The summed E-state index contributed by atoms with van der Waals surface area (Å²) < 4.78 is 26.5. The van der Waals surface area contributed by atoms with Gasteiger partial charge in [-0.05, 0) is 51.0 Å². The van der Waals surface area contributed by atoms with Crippen LogP contribution in [-0.2, 0) is 14.8 Å². The molecule has 0 atom stereocenters. The van der Waals surface area contributed by atoms with E-state index in [1.54, 1.807) is 12.1 Å². The first-order valence-corrected chi connectivity index (χ1v) is 7.35. The van der Waals surface area contributed by atoms with Crippen molar-refractivity contribution in [2.24, 2.45) is 5.41 Å². The van der Waals surface area contributed by atoms with Crippen LogP contribution >= 0.6 is 0 Å². The molecule has 0 aromatic heterocycles. The Balaban J connectivity index is 2.93. The molecule has 106 valence electrons. The van der Waals surface area contributed by atoms with Crippen molar-refractivity contribution in [3.63, 3.8) is 0 Å². The molecule has 0 fully saturated rings. The van der Waals surface area contributed by atoms with E-state index >= 15 is 0 Å². The molecular formula is C13H19NO4S. The van der Waals surface area contributed by atoms with Crippen molar-refractivity contribution in [2.45, 2.75) is 32.6 Å². The van der Waals surface area contributed by atoms with Crippen molar-refractivity contribution in [1.82, 2.24) is 4.72 Å². The van der Waals surface area contributed by atoms with Crippen LogP contribution in [0.2, 0.25) is 0 Å². The van der Waals surface area contributed by atoms with Gasteiger partial charge >= 0.3 is 5.97 Å². The highest BCUT2D eigenvalue weighted by molar-refractivity contribution is 7.89. The lowest BCUT2D eigenvalue weighted by Gasteiger charge is -2.19. The minimum atomic E-state index is -3.68. The first-order valence-electron chi connectivity index (χ1n) is 5.86. The van der Waals surface area contributed by atoms with Gasteiger partial charge in [-0.2, -0.15) is 0 Å². The van der Waals surface area contributed by atoms with Crippen LogP contribution in [0.3, 0.4) is 0 Å². The minimum Gasteiger partial charge on any atom is -0.481 e. The number of nitrogens with one attached hydrogen (secondary N) is 1. The average molecular weight is 285 g/mol. The standard InChI is InChI=1S/C13H19NO4S/c1-9-5-6-11(7-10(9)2)19(17,18)14-8-13(3,4)12(15)16/h5-7,14H,8H2,1-4H3,(H,15,16). The SMILES string of the molecule is Cc1ccc(S(=O)(=O)NCC(C)(C)C(=O)O)cc1C. The summed E-state index contributed by atoms with van der Waals surface area (Å²) in [7, 11) is -3.68. The number of carboxylic acids is 1. The van der Waals surface area contributed by atoms with E-state index in [0.29, 0.717) is 0 Å². The molecule has 19 heavy (non-hydrogen) atoms. The highest BCUT2D eigenvalue weighted by atomic mass is 32.2. The predicted octanol–water partition coefficient (Wildman–Crippen LogP) is 1.69. The van der Waals surface area contributed by atoms with Crippen LogP contribution in [-0.4, -0.2) is 26.0 Å². The van der Waals surface area contributed by atoms with E-state index in [0.717, 1.165) is 11.1 Å². The molecule has 0 aliphatic heterocycles. The molecule has 0 saturated heterocycles. The van der Waals surface area contributed by atoms with Crippen LogP contribution in [0, 0.1) is 19.3 Å². The number of sulfonamides is 1. The fourth-order valence-corrected chi connectivity index (χ4v) is 2.61. The zero-order valence-electron chi connectivity index (χ0n) is 11.5. The summed E-state index contributed by atoms with van der Waals surface area (Å²) in [5.74, 6) is -1.05. The van der Waals surface area contributed by atoms with Crippen molar-refractivity contribution >= 4 is 16.0 Å². The summed E-state index contributed by atoms with van der Waals surface area (Å²) >= 11 is 0.